The van der Waals surface area contributed by atoms with Crippen LogP contribution in [-0.4, -0.2) is 41.9 Å². The molecule has 2 aromatic carbocycles. The average Bonchev–Trinajstić information content (AvgIpc) is 2.78. The molecule has 0 radical (unpaired) electrons. The van der Waals surface area contributed by atoms with Crippen LogP contribution in [0.3, 0.4) is 0 Å². The lowest BCUT2D eigenvalue weighted by Gasteiger charge is -2.29. The van der Waals surface area contributed by atoms with Crippen LogP contribution in [0.5, 0.6) is 5.75 Å². The van der Waals surface area contributed by atoms with Gasteiger partial charge in [0.1, 0.15) is 11.8 Å². The number of carbonyl (C=O) groups is 2. The van der Waals surface area contributed by atoms with Crippen LogP contribution >= 0.6 is 0 Å². The van der Waals surface area contributed by atoms with Gasteiger partial charge in [0.2, 0.25) is 11.8 Å². The summed E-state index contributed by atoms with van der Waals surface area (Å²) in [6.07, 6.45) is 2.52. The second-order valence-corrected chi connectivity index (χ2v) is 8.08. The Morgan fingerprint density at radius 3 is 2.35 bits per heavy atom. The first-order valence-electron chi connectivity index (χ1n) is 11.2. The Morgan fingerprint density at radius 2 is 1.71 bits per heavy atom. The molecule has 0 saturated carbocycles. The van der Waals surface area contributed by atoms with E-state index in [9.17, 15) is 9.59 Å². The molecule has 2 amide bonds. The normalized spacial score (nSPS) is 12.6. The van der Waals surface area contributed by atoms with Crippen molar-refractivity contribution in [1.82, 2.24) is 10.2 Å². The van der Waals surface area contributed by atoms with Gasteiger partial charge >= 0.3 is 0 Å². The second-order valence-electron chi connectivity index (χ2n) is 8.08. The highest BCUT2D eigenvalue weighted by Gasteiger charge is 2.26. The number of amides is 2. The van der Waals surface area contributed by atoms with Crippen LogP contribution in [-0.2, 0) is 16.0 Å². The van der Waals surface area contributed by atoms with Gasteiger partial charge in [-0.1, -0.05) is 55.0 Å². The summed E-state index contributed by atoms with van der Waals surface area (Å²) < 4.78 is 5.75. The molecule has 5 nitrogen and oxygen atoms in total. The van der Waals surface area contributed by atoms with Crippen LogP contribution in [0.1, 0.15) is 51.2 Å². The van der Waals surface area contributed by atoms with Crippen LogP contribution < -0.4 is 10.1 Å². The fraction of sp³-hybridized carbons (Fsp3) is 0.462. The van der Waals surface area contributed by atoms with Crippen molar-refractivity contribution in [2.24, 2.45) is 0 Å². The van der Waals surface area contributed by atoms with E-state index in [0.29, 0.717) is 32.4 Å². The summed E-state index contributed by atoms with van der Waals surface area (Å²) in [6.45, 7) is 8.82. The largest absolute Gasteiger partial charge is 0.494 e. The number of nitrogens with one attached hydrogen (secondary N) is 1. The molecule has 168 valence electrons. The van der Waals surface area contributed by atoms with Gasteiger partial charge in [-0.25, -0.2) is 0 Å². The number of hydrogen-bond acceptors (Lipinski definition) is 3. The summed E-state index contributed by atoms with van der Waals surface area (Å²) in [6, 6.07) is 17.5. The number of hydrogen-bond donors (Lipinski definition) is 1. The Labute approximate surface area is 186 Å². The zero-order valence-corrected chi connectivity index (χ0v) is 19.3. The lowest BCUT2D eigenvalue weighted by atomic mass is 10.1. The molecule has 0 bridgehead atoms. The zero-order valence-electron chi connectivity index (χ0n) is 19.3. The molecule has 31 heavy (non-hydrogen) atoms. The smallest absolute Gasteiger partial charge is 0.242 e. The van der Waals surface area contributed by atoms with Crippen molar-refractivity contribution in [2.45, 2.75) is 65.5 Å². The van der Waals surface area contributed by atoms with E-state index in [-0.39, 0.29) is 17.9 Å². The molecule has 0 saturated heterocycles. The Kier molecular flexibility index (Phi) is 10.1. The fourth-order valence-corrected chi connectivity index (χ4v) is 3.23. The minimum Gasteiger partial charge on any atom is -0.494 e. The lowest BCUT2D eigenvalue weighted by molar-refractivity contribution is -0.140. The van der Waals surface area contributed by atoms with Crippen molar-refractivity contribution >= 4 is 11.8 Å². The minimum absolute atomic E-state index is 0.0183. The Balaban J connectivity index is 1.93. The molecule has 0 aromatic heterocycles. The predicted molar refractivity (Wildman–Crippen MR) is 125 cm³/mol. The fourth-order valence-electron chi connectivity index (χ4n) is 3.23. The maximum atomic E-state index is 13.0. The molecule has 2 aromatic rings. The summed E-state index contributed by atoms with van der Waals surface area (Å²) in [5.41, 5.74) is 2.33. The highest BCUT2D eigenvalue weighted by Crippen LogP contribution is 2.13. The third-order valence-electron chi connectivity index (χ3n) is 5.48. The highest BCUT2D eigenvalue weighted by atomic mass is 16.5. The third-order valence-corrected chi connectivity index (χ3v) is 5.48. The van der Waals surface area contributed by atoms with Gasteiger partial charge in [-0.15, -0.1) is 0 Å². The highest BCUT2D eigenvalue weighted by molar-refractivity contribution is 5.87. The molecule has 0 aliphatic rings. The second kappa shape index (κ2) is 12.8. The molecule has 0 heterocycles. The number of nitrogens with zero attached hydrogens (tertiary/aromatic N) is 1. The van der Waals surface area contributed by atoms with Crippen molar-refractivity contribution in [3.8, 4) is 5.75 Å². The first-order chi connectivity index (χ1) is 14.9. The number of ether oxygens (including phenoxy) is 1. The SMILES string of the molecule is CC[C@@H](C)NC(=O)[C@H](C)N(CCc1ccccc1)C(=O)CCCOc1ccc(C)cc1. The van der Waals surface area contributed by atoms with Crippen LogP contribution in [0.2, 0.25) is 0 Å². The summed E-state index contributed by atoms with van der Waals surface area (Å²) in [4.78, 5) is 27.4. The Bertz CT molecular complexity index is 805. The summed E-state index contributed by atoms with van der Waals surface area (Å²) in [5.74, 6) is 0.683. The molecular formula is C26H36N2O3. The molecule has 2 atom stereocenters. The van der Waals surface area contributed by atoms with Crippen LogP contribution in [0, 0.1) is 6.92 Å². The van der Waals surface area contributed by atoms with E-state index in [1.54, 1.807) is 4.90 Å². The molecular weight excluding hydrogens is 388 g/mol. The average molecular weight is 425 g/mol. The standard InChI is InChI=1S/C26H36N2O3/c1-5-21(3)27-26(30)22(4)28(18-17-23-10-7-6-8-11-23)25(29)12-9-19-31-24-15-13-20(2)14-16-24/h6-8,10-11,13-16,21-22H,5,9,12,17-19H2,1-4H3,(H,27,30)/t21-,22+/m1/s1. The first-order valence-corrected chi connectivity index (χ1v) is 11.2. The number of rotatable bonds is 12. The van der Waals surface area contributed by atoms with Gasteiger partial charge in [0.05, 0.1) is 6.61 Å². The van der Waals surface area contributed by atoms with E-state index in [1.165, 1.54) is 5.56 Å². The van der Waals surface area contributed by atoms with Gasteiger partial charge < -0.3 is 15.0 Å². The molecule has 0 aliphatic heterocycles. The van der Waals surface area contributed by atoms with Gasteiger partial charge in [-0.05, 0) is 57.7 Å². The molecule has 0 fully saturated rings. The van der Waals surface area contributed by atoms with Gasteiger partial charge in [0.25, 0.3) is 0 Å². The van der Waals surface area contributed by atoms with Crippen LogP contribution in [0.15, 0.2) is 54.6 Å². The van der Waals surface area contributed by atoms with Crippen molar-refractivity contribution in [3.05, 3.63) is 65.7 Å². The van der Waals surface area contributed by atoms with E-state index in [1.807, 2.05) is 82.3 Å². The van der Waals surface area contributed by atoms with Crippen molar-refractivity contribution in [1.29, 1.82) is 0 Å². The monoisotopic (exact) mass is 424 g/mol. The number of aryl methyl sites for hydroxylation is 1. The van der Waals surface area contributed by atoms with Crippen molar-refractivity contribution in [3.63, 3.8) is 0 Å². The van der Waals surface area contributed by atoms with E-state index >= 15 is 0 Å². The maximum absolute atomic E-state index is 13.0. The van der Waals surface area contributed by atoms with Gasteiger partial charge in [0, 0.05) is 19.0 Å². The molecule has 1 N–H and O–H groups in total. The summed E-state index contributed by atoms with van der Waals surface area (Å²) >= 11 is 0. The molecule has 2 rings (SSSR count). The summed E-state index contributed by atoms with van der Waals surface area (Å²) in [5, 5.41) is 3.00. The van der Waals surface area contributed by atoms with E-state index in [2.05, 4.69) is 5.32 Å². The first kappa shape index (κ1) is 24.4. The van der Waals surface area contributed by atoms with Crippen molar-refractivity contribution in [2.75, 3.05) is 13.2 Å². The minimum atomic E-state index is -0.511. The molecule has 0 unspecified atom stereocenters. The third kappa shape index (κ3) is 8.44. The zero-order chi connectivity index (χ0) is 22.6. The summed E-state index contributed by atoms with van der Waals surface area (Å²) in [7, 11) is 0. The van der Waals surface area contributed by atoms with Gasteiger partial charge in [-0.2, -0.15) is 0 Å². The Hall–Kier alpha value is -2.82. The molecule has 0 aliphatic carbocycles. The van der Waals surface area contributed by atoms with Crippen LogP contribution in [0.4, 0.5) is 0 Å². The molecule has 5 heteroatoms. The van der Waals surface area contributed by atoms with E-state index < -0.39 is 6.04 Å². The predicted octanol–water partition coefficient (Wildman–Crippen LogP) is 4.53. The molecule has 0 spiro atoms. The quantitative estimate of drug-likeness (QED) is 0.509. The van der Waals surface area contributed by atoms with Crippen LogP contribution in [0.25, 0.3) is 0 Å². The van der Waals surface area contributed by atoms with Gasteiger partial charge in [-0.3, -0.25) is 9.59 Å². The Morgan fingerprint density at radius 1 is 1.03 bits per heavy atom. The van der Waals surface area contributed by atoms with E-state index in [4.69, 9.17) is 4.74 Å². The van der Waals surface area contributed by atoms with E-state index in [0.717, 1.165) is 17.7 Å². The van der Waals surface area contributed by atoms with Crippen molar-refractivity contribution < 1.29 is 14.3 Å². The lowest BCUT2D eigenvalue weighted by Crippen LogP contribution is -2.50. The number of carbonyl (C=O) groups excluding carboxylic acids is 2. The topological polar surface area (TPSA) is 58.6 Å². The van der Waals surface area contributed by atoms with Gasteiger partial charge in [0.15, 0.2) is 0 Å². The number of benzene rings is 2. The maximum Gasteiger partial charge on any atom is 0.242 e.